The molecule has 1 aromatic rings. The van der Waals surface area contributed by atoms with Crippen molar-refractivity contribution in [1.29, 1.82) is 0 Å². The molecule has 4 atom stereocenters. The number of benzene rings is 1. The summed E-state index contributed by atoms with van der Waals surface area (Å²) in [6, 6.07) is 5.13. The van der Waals surface area contributed by atoms with E-state index >= 15 is 0 Å². The van der Waals surface area contributed by atoms with Gasteiger partial charge in [0, 0.05) is 44.5 Å². The first-order chi connectivity index (χ1) is 17.9. The highest BCUT2D eigenvalue weighted by atomic mass is 16.5. The van der Waals surface area contributed by atoms with Crippen molar-refractivity contribution in [3.8, 4) is 0 Å². The molecule has 0 aromatic heterocycles. The van der Waals surface area contributed by atoms with Crippen molar-refractivity contribution in [3.63, 3.8) is 0 Å². The predicted octanol–water partition coefficient (Wildman–Crippen LogP) is 1.79. The number of nitrogens with two attached hydrogens (primary N) is 1. The predicted molar refractivity (Wildman–Crippen MR) is 140 cm³/mol. The number of piperazine rings is 1. The Bertz CT molecular complexity index is 1020. The van der Waals surface area contributed by atoms with Crippen molar-refractivity contribution in [2.75, 3.05) is 57.9 Å². The van der Waals surface area contributed by atoms with E-state index in [2.05, 4.69) is 16.7 Å². The molecule has 37 heavy (non-hydrogen) atoms. The van der Waals surface area contributed by atoms with E-state index in [1.54, 1.807) is 18.1 Å². The summed E-state index contributed by atoms with van der Waals surface area (Å²) in [5.74, 6) is -1.17. The van der Waals surface area contributed by atoms with E-state index in [0.717, 1.165) is 70.5 Å². The van der Waals surface area contributed by atoms with Gasteiger partial charge in [-0.2, -0.15) is 0 Å². The van der Waals surface area contributed by atoms with Crippen LogP contribution in [-0.4, -0.2) is 98.6 Å². The van der Waals surface area contributed by atoms with E-state index < -0.39 is 24.0 Å². The molecule has 5 rings (SSSR count). The van der Waals surface area contributed by atoms with E-state index in [9.17, 15) is 14.4 Å². The number of primary amides is 1. The van der Waals surface area contributed by atoms with Crippen LogP contribution in [0.5, 0.6) is 0 Å². The standard InChI is InChI=1S/C28H40N4O5/c1-3-10-30-11-13-31(14-12-30)19-8-9-20(27(29)34)21(15-19)24(18-6-4-5-7-18)28(35)32-16-23(36-2)26-25(32)22(33)17-37-26/h8-9,15,18,23-26H,3-7,10-14,16-17H2,1-2H3,(H2,29,34)/t23-,24-,25+,26+/m0/s1. The molecule has 9 nitrogen and oxygen atoms in total. The minimum absolute atomic E-state index is 0.000894. The topological polar surface area (TPSA) is 105 Å². The molecule has 1 aromatic carbocycles. The Morgan fingerprint density at radius 2 is 1.89 bits per heavy atom. The zero-order valence-electron chi connectivity index (χ0n) is 22.1. The molecule has 2 amide bonds. The molecule has 3 aliphatic heterocycles. The molecule has 1 aliphatic carbocycles. The molecule has 0 spiro atoms. The van der Waals surface area contributed by atoms with Crippen LogP contribution < -0.4 is 10.6 Å². The monoisotopic (exact) mass is 512 g/mol. The number of fused-ring (bicyclic) bond motifs is 1. The molecule has 0 bridgehead atoms. The first kappa shape index (κ1) is 26.1. The minimum Gasteiger partial charge on any atom is -0.377 e. The second-order valence-electron chi connectivity index (χ2n) is 10.9. The number of methoxy groups -OCH3 is 1. The maximum atomic E-state index is 14.4. The Morgan fingerprint density at radius 1 is 1.16 bits per heavy atom. The van der Waals surface area contributed by atoms with Gasteiger partial charge in [-0.25, -0.2) is 0 Å². The Kier molecular flexibility index (Phi) is 7.83. The van der Waals surface area contributed by atoms with Crippen molar-refractivity contribution < 1.29 is 23.9 Å². The number of nitrogens with zero attached hydrogens (tertiary/aromatic N) is 3. The van der Waals surface area contributed by atoms with Crippen molar-refractivity contribution in [1.82, 2.24) is 9.80 Å². The number of ketones is 1. The highest BCUT2D eigenvalue weighted by Crippen LogP contribution is 2.43. The van der Waals surface area contributed by atoms with Gasteiger partial charge in [0.25, 0.3) is 0 Å². The number of ether oxygens (including phenoxy) is 2. The number of Topliss-reactive ketones (excluding diaryl/α,β-unsaturated/α-hetero) is 1. The Hall–Kier alpha value is -2.49. The van der Waals surface area contributed by atoms with Gasteiger partial charge in [0.2, 0.25) is 11.8 Å². The fourth-order valence-corrected chi connectivity index (χ4v) is 6.88. The molecule has 3 heterocycles. The van der Waals surface area contributed by atoms with Crippen LogP contribution in [0.15, 0.2) is 18.2 Å². The third-order valence-corrected chi connectivity index (χ3v) is 8.77. The van der Waals surface area contributed by atoms with E-state index in [1.165, 1.54) is 0 Å². The maximum Gasteiger partial charge on any atom is 0.249 e. The van der Waals surface area contributed by atoms with Crippen molar-refractivity contribution in [2.24, 2.45) is 11.7 Å². The minimum atomic E-state index is -0.631. The first-order valence-electron chi connectivity index (χ1n) is 13.8. The summed E-state index contributed by atoms with van der Waals surface area (Å²) < 4.78 is 11.3. The van der Waals surface area contributed by atoms with Crippen LogP contribution in [0, 0.1) is 5.92 Å². The molecule has 4 fully saturated rings. The third kappa shape index (κ3) is 5.01. The van der Waals surface area contributed by atoms with Crippen LogP contribution in [0.2, 0.25) is 0 Å². The Labute approximate surface area is 219 Å². The van der Waals surface area contributed by atoms with Crippen LogP contribution >= 0.6 is 0 Å². The van der Waals surface area contributed by atoms with Crippen LogP contribution in [-0.2, 0) is 19.1 Å². The molecule has 2 N–H and O–H groups in total. The van der Waals surface area contributed by atoms with Gasteiger partial charge < -0.3 is 25.0 Å². The van der Waals surface area contributed by atoms with Gasteiger partial charge >= 0.3 is 0 Å². The number of rotatable bonds is 8. The number of likely N-dealkylation sites (tertiary alicyclic amines) is 1. The summed E-state index contributed by atoms with van der Waals surface area (Å²) in [7, 11) is 1.59. The maximum absolute atomic E-state index is 14.4. The number of hydrogen-bond donors (Lipinski definition) is 1. The molecule has 0 radical (unpaired) electrons. The lowest BCUT2D eigenvalue weighted by atomic mass is 9.80. The van der Waals surface area contributed by atoms with Gasteiger partial charge in [-0.1, -0.05) is 19.8 Å². The molecule has 1 saturated carbocycles. The molecule has 202 valence electrons. The molecular weight excluding hydrogens is 472 g/mol. The summed E-state index contributed by atoms with van der Waals surface area (Å²) in [6.07, 6.45) is 4.28. The highest BCUT2D eigenvalue weighted by molar-refractivity contribution is 5.99. The Morgan fingerprint density at radius 3 is 2.54 bits per heavy atom. The lowest BCUT2D eigenvalue weighted by Crippen LogP contribution is -2.47. The van der Waals surface area contributed by atoms with Crippen LogP contribution in [0.4, 0.5) is 5.69 Å². The number of anilines is 1. The van der Waals surface area contributed by atoms with Gasteiger partial charge in [0.15, 0.2) is 5.78 Å². The molecule has 3 saturated heterocycles. The van der Waals surface area contributed by atoms with E-state index in [0.29, 0.717) is 17.7 Å². The van der Waals surface area contributed by atoms with Crippen LogP contribution in [0.25, 0.3) is 0 Å². The number of hydrogen-bond acceptors (Lipinski definition) is 7. The van der Waals surface area contributed by atoms with Crippen molar-refractivity contribution in [3.05, 3.63) is 29.3 Å². The highest BCUT2D eigenvalue weighted by Gasteiger charge is 2.54. The van der Waals surface area contributed by atoms with Gasteiger partial charge in [-0.05, 0) is 55.5 Å². The summed E-state index contributed by atoms with van der Waals surface area (Å²) in [5, 5.41) is 0. The molecule has 4 aliphatic rings. The lowest BCUT2D eigenvalue weighted by Gasteiger charge is -2.37. The quantitative estimate of drug-likeness (QED) is 0.566. The van der Waals surface area contributed by atoms with Crippen LogP contribution in [0.1, 0.15) is 60.9 Å². The molecule has 9 heteroatoms. The number of carbonyl (C=O) groups excluding carboxylic acids is 3. The zero-order chi connectivity index (χ0) is 26.1. The lowest BCUT2D eigenvalue weighted by molar-refractivity contribution is -0.139. The summed E-state index contributed by atoms with van der Waals surface area (Å²) >= 11 is 0. The van der Waals surface area contributed by atoms with Gasteiger partial charge in [-0.3, -0.25) is 19.3 Å². The first-order valence-corrected chi connectivity index (χ1v) is 13.8. The fourth-order valence-electron chi connectivity index (χ4n) is 6.88. The summed E-state index contributed by atoms with van der Waals surface area (Å²) in [4.78, 5) is 46.2. The second kappa shape index (κ2) is 11.1. The van der Waals surface area contributed by atoms with E-state index in [1.807, 2.05) is 12.1 Å². The zero-order valence-corrected chi connectivity index (χ0v) is 22.1. The summed E-state index contributed by atoms with van der Waals surface area (Å²) in [6.45, 7) is 7.38. The largest absolute Gasteiger partial charge is 0.377 e. The average Bonchev–Trinajstić information content (AvgIpc) is 3.64. The van der Waals surface area contributed by atoms with Gasteiger partial charge in [-0.15, -0.1) is 0 Å². The number of amides is 2. The third-order valence-electron chi connectivity index (χ3n) is 8.77. The normalized spacial score (nSPS) is 27.6. The molecule has 0 unspecified atom stereocenters. The van der Waals surface area contributed by atoms with Gasteiger partial charge in [0.05, 0.1) is 12.5 Å². The van der Waals surface area contributed by atoms with E-state index in [-0.39, 0.29) is 30.3 Å². The van der Waals surface area contributed by atoms with E-state index in [4.69, 9.17) is 15.2 Å². The Balaban J connectivity index is 1.49. The average molecular weight is 513 g/mol. The smallest absolute Gasteiger partial charge is 0.249 e. The number of carbonyl (C=O) groups is 3. The molecular formula is C28H40N4O5. The van der Waals surface area contributed by atoms with Crippen LogP contribution in [0.3, 0.4) is 0 Å². The summed E-state index contributed by atoms with van der Waals surface area (Å²) in [5.41, 5.74) is 7.96. The SMILES string of the molecule is CCCN1CCN(c2ccc(C(N)=O)c([C@@H](C(=O)N3C[C@H](OC)[C@H]4OCC(=O)[C@H]43)C3CCCC3)c2)CC1. The van der Waals surface area contributed by atoms with Crippen molar-refractivity contribution in [2.45, 2.75) is 63.2 Å². The second-order valence-corrected chi connectivity index (χ2v) is 10.9. The van der Waals surface area contributed by atoms with Gasteiger partial charge in [0.1, 0.15) is 24.9 Å². The fraction of sp³-hybridized carbons (Fsp3) is 0.679. The van der Waals surface area contributed by atoms with Crippen molar-refractivity contribution >= 4 is 23.3 Å².